The van der Waals surface area contributed by atoms with Crippen LogP contribution in [0.15, 0.2) is 66.3 Å². The van der Waals surface area contributed by atoms with Gasteiger partial charge in [0.1, 0.15) is 46.8 Å². The van der Waals surface area contributed by atoms with Gasteiger partial charge in [0.2, 0.25) is 23.6 Å². The van der Waals surface area contributed by atoms with Crippen LogP contribution in [0.3, 0.4) is 0 Å². The van der Waals surface area contributed by atoms with Gasteiger partial charge in [0.05, 0.1) is 42.6 Å². The topological polar surface area (TPSA) is 317 Å². The average Bonchev–Trinajstić information content (AvgIpc) is 3.49. The molecule has 2 saturated heterocycles. The summed E-state index contributed by atoms with van der Waals surface area (Å²) >= 11 is 16.7. The minimum atomic E-state index is -1.91. The van der Waals surface area contributed by atoms with Crippen molar-refractivity contribution in [1.82, 2.24) is 21.3 Å². The van der Waals surface area contributed by atoms with E-state index in [2.05, 4.69) is 54.4 Å². The molecule has 3 heterocycles. The number of alkyl carbamates (subject to hydrolysis) is 1. The number of unbranched alkanes of at least 4 members (excludes halogenated alkanes) is 2. The minimum Gasteiger partial charge on any atom is -0.495 e. The number of nitrogens with zero attached hydrogens (tertiary/aromatic N) is 1. The number of nitrogens with one attached hydrogen (secondary N) is 6. The van der Waals surface area contributed by atoms with E-state index in [1.54, 1.807) is 52.0 Å². The molecular weight excluding hydrogens is 1180 g/mol. The number of anilines is 3. The highest BCUT2D eigenvalue weighted by atomic mass is 79.9. The first-order chi connectivity index (χ1) is 38.7. The number of carbonyl (C=O) groups is 8. The van der Waals surface area contributed by atoms with Crippen LogP contribution in [0.25, 0.3) is 0 Å². The molecule has 0 radical (unpaired) electrons. The molecule has 0 saturated carbocycles. The third kappa shape index (κ3) is 18.3. The highest BCUT2D eigenvalue weighted by Crippen LogP contribution is 2.49. The quantitative estimate of drug-likeness (QED) is 0.0146. The molecule has 82 heavy (non-hydrogen) atoms. The number of epoxide rings is 1. The van der Waals surface area contributed by atoms with Crippen molar-refractivity contribution in [2.45, 2.75) is 140 Å². The fraction of sp³-hybridized carbons (Fsp3) is 0.536. The zero-order valence-corrected chi connectivity index (χ0v) is 50.3. The SMILES string of the molecule is C=C(CBr)C(=O)OCCCCCC(=O)N[C@H](C(=O)N[C@@H](CCCNC(N)=O)C(=O)Nc1ccc(NC(=O)O[C@H]2CC(=O)N(C)c3cc(cc(OC)c3Cl)C/C(C)=C/C=C/[C@@H](OC)[C@@]3(O)C[C@H](OC(=O)N3)[C@@H](C)[C@@H]3O[C@@]23C)c(Cl)c1)C(C)C. The second kappa shape index (κ2) is 30.2. The second-order valence-corrected chi connectivity index (χ2v) is 22.3. The lowest BCUT2D eigenvalue weighted by atomic mass is 9.83. The van der Waals surface area contributed by atoms with Crippen LogP contribution >= 0.6 is 39.1 Å². The van der Waals surface area contributed by atoms with Crippen LogP contribution in [-0.4, -0.2) is 140 Å². The van der Waals surface area contributed by atoms with Gasteiger partial charge in [0.15, 0.2) is 5.72 Å². The van der Waals surface area contributed by atoms with E-state index in [1.807, 2.05) is 13.0 Å². The van der Waals surface area contributed by atoms with Gasteiger partial charge in [-0.3, -0.25) is 29.8 Å². The van der Waals surface area contributed by atoms with Crippen LogP contribution in [0, 0.1) is 11.8 Å². The Morgan fingerprint density at radius 2 is 1.76 bits per heavy atom. The van der Waals surface area contributed by atoms with E-state index in [-0.39, 0.29) is 60.3 Å². The first kappa shape index (κ1) is 66.4. The van der Waals surface area contributed by atoms with Gasteiger partial charge in [0, 0.05) is 56.1 Å². The zero-order valence-electron chi connectivity index (χ0n) is 47.3. The maximum Gasteiger partial charge on any atom is 0.412 e. The summed E-state index contributed by atoms with van der Waals surface area (Å²) in [5, 5.41) is 28.0. The van der Waals surface area contributed by atoms with E-state index < -0.39 is 114 Å². The third-order valence-corrected chi connectivity index (χ3v) is 15.6. The second-order valence-electron chi connectivity index (χ2n) is 21.0. The molecule has 3 aliphatic rings. The number of aliphatic hydroxyl groups is 1. The van der Waals surface area contributed by atoms with Gasteiger partial charge in [-0.1, -0.05) is 90.3 Å². The Hall–Kier alpha value is -6.44. The molecule has 2 aromatic rings. The summed E-state index contributed by atoms with van der Waals surface area (Å²) in [7, 11) is 4.37. The van der Waals surface area contributed by atoms with Crippen molar-refractivity contribution in [2.75, 3.05) is 55.3 Å². The number of allylic oxidation sites excluding steroid dienone is 3. The maximum atomic E-state index is 14.4. The summed E-state index contributed by atoms with van der Waals surface area (Å²) in [5.41, 5.74) is 4.40. The monoisotopic (exact) mass is 1250 g/mol. The molecule has 2 fully saturated rings. The normalized spacial score (nSPS) is 24.3. The summed E-state index contributed by atoms with van der Waals surface area (Å²) < 4.78 is 34.5. The smallest absolute Gasteiger partial charge is 0.412 e. The maximum absolute atomic E-state index is 14.4. The number of alkyl halides is 1. The number of fused-ring (bicyclic) bond motifs is 5. The highest BCUT2D eigenvalue weighted by Gasteiger charge is 2.64. The molecular formula is C56H75BrCl2N8O15. The van der Waals surface area contributed by atoms with Crippen LogP contribution in [0.5, 0.6) is 5.75 Å². The highest BCUT2D eigenvalue weighted by molar-refractivity contribution is 9.09. The number of carbonyl (C=O) groups excluding carboxylic acids is 8. The molecule has 450 valence electrons. The van der Waals surface area contributed by atoms with Crippen molar-refractivity contribution >= 4 is 104 Å². The van der Waals surface area contributed by atoms with Gasteiger partial charge in [-0.25, -0.2) is 19.2 Å². The zero-order chi connectivity index (χ0) is 60.6. The summed E-state index contributed by atoms with van der Waals surface area (Å²) in [6, 6.07) is 4.68. The number of nitrogens with two attached hydrogens (primary N) is 1. The number of amides is 8. The van der Waals surface area contributed by atoms with Crippen LogP contribution in [0.1, 0.15) is 91.5 Å². The fourth-order valence-electron chi connectivity index (χ4n) is 9.51. The number of esters is 1. The molecule has 23 nitrogen and oxygen atoms in total. The minimum absolute atomic E-state index is 0.0349. The van der Waals surface area contributed by atoms with Crippen LogP contribution in [0.2, 0.25) is 10.0 Å². The number of halogens is 3. The molecule has 9 N–H and O–H groups in total. The Balaban J connectivity index is 1.32. The molecule has 26 heteroatoms. The number of primary amides is 1. The molecule has 3 aliphatic heterocycles. The Morgan fingerprint density at radius 1 is 1.02 bits per heavy atom. The van der Waals surface area contributed by atoms with Crippen molar-refractivity contribution in [2.24, 2.45) is 17.6 Å². The molecule has 8 amide bonds. The van der Waals surface area contributed by atoms with E-state index in [0.29, 0.717) is 48.0 Å². The number of urea groups is 1. The largest absolute Gasteiger partial charge is 0.495 e. The third-order valence-electron chi connectivity index (χ3n) is 14.3. The average molecular weight is 1250 g/mol. The fourth-order valence-corrected chi connectivity index (χ4v) is 10.3. The standard InChI is InChI=1S/C56H75BrCl2N8O15/c1-30(2)47(65-44(68)18-11-10-12-22-79-51(72)32(4)29-57)50(71)63-38(16-14-21-61-52(60)73)49(70)62-35-19-20-37(36(58)26-35)64-53(74)81-43-27-45(69)67(7)39-24-34(25-40(77-8)46(39)59)23-31(3)15-13-17-42(78-9)56(76)28-41(80-54(75)66-56)33(5)48-55(43,6)82-48/h13,15,17,19-20,24-26,30,33,38,41-43,47-48,76H,4,10-12,14,16,18,21-23,27-29H2,1-3,5-9H3,(H,62,70)(H,63,71)(H,64,74)(H,65,68)(H,66,75)(H3,60,61,73)/b17-13+,31-15+/t33-,38+,41+,42-,43+,47+,48+,55+,56+/m1/s1. The molecule has 4 bridgehead atoms. The summed E-state index contributed by atoms with van der Waals surface area (Å²) in [6.07, 6.45) is 0.909. The Kier molecular flexibility index (Phi) is 24.4. The number of hydrogen-bond donors (Lipinski definition) is 8. The summed E-state index contributed by atoms with van der Waals surface area (Å²) in [5.74, 6) is -3.45. The predicted octanol–water partition coefficient (Wildman–Crippen LogP) is 7.09. The van der Waals surface area contributed by atoms with Crippen molar-refractivity contribution in [3.63, 3.8) is 0 Å². The molecule has 2 aromatic carbocycles. The van der Waals surface area contributed by atoms with Crippen molar-refractivity contribution in [1.29, 1.82) is 0 Å². The first-order valence-corrected chi connectivity index (χ1v) is 28.6. The lowest BCUT2D eigenvalue weighted by molar-refractivity contribution is -0.142. The molecule has 0 unspecified atom stereocenters. The van der Waals surface area contributed by atoms with Gasteiger partial charge in [-0.05, 0) is 94.2 Å². The number of benzene rings is 2. The van der Waals surface area contributed by atoms with E-state index in [1.165, 1.54) is 44.4 Å². The lowest BCUT2D eigenvalue weighted by Crippen LogP contribution is -2.63. The van der Waals surface area contributed by atoms with Crippen molar-refractivity contribution < 1.29 is 71.9 Å². The molecule has 5 rings (SSSR count). The van der Waals surface area contributed by atoms with Crippen LogP contribution in [0.4, 0.5) is 31.4 Å². The first-order valence-electron chi connectivity index (χ1n) is 26.7. The lowest BCUT2D eigenvalue weighted by Gasteiger charge is -2.42. The number of rotatable bonds is 22. The van der Waals surface area contributed by atoms with Gasteiger partial charge in [0.25, 0.3) is 0 Å². The summed E-state index contributed by atoms with van der Waals surface area (Å²) in [4.78, 5) is 107. The van der Waals surface area contributed by atoms with E-state index in [9.17, 15) is 43.5 Å². The molecule has 0 spiro atoms. The molecule has 9 atom stereocenters. The number of methoxy groups -OCH3 is 2. The van der Waals surface area contributed by atoms with E-state index >= 15 is 0 Å². The van der Waals surface area contributed by atoms with Gasteiger partial charge in [-0.2, -0.15) is 0 Å². The van der Waals surface area contributed by atoms with Gasteiger partial charge in [-0.15, -0.1) is 0 Å². The van der Waals surface area contributed by atoms with E-state index in [4.69, 9.17) is 57.4 Å². The molecule has 0 aromatic heterocycles. The van der Waals surface area contributed by atoms with Crippen molar-refractivity contribution in [3.05, 3.63) is 81.9 Å². The summed E-state index contributed by atoms with van der Waals surface area (Å²) in [6.45, 7) is 12.6. The number of ether oxygens (including phenoxy) is 6. The Morgan fingerprint density at radius 3 is 2.41 bits per heavy atom. The van der Waals surface area contributed by atoms with Crippen molar-refractivity contribution in [3.8, 4) is 5.75 Å². The number of hydrogen-bond acceptors (Lipinski definition) is 15. The molecule has 0 aliphatic carbocycles. The van der Waals surface area contributed by atoms with Crippen LogP contribution < -0.4 is 47.3 Å². The van der Waals surface area contributed by atoms with E-state index in [0.717, 1.165) is 11.1 Å². The Bertz CT molecular complexity index is 2770. The van der Waals surface area contributed by atoms with Gasteiger partial charge >= 0.3 is 24.2 Å². The van der Waals surface area contributed by atoms with Crippen LogP contribution in [-0.2, 0) is 54.1 Å². The van der Waals surface area contributed by atoms with Gasteiger partial charge < -0.3 is 65.4 Å². The Labute approximate surface area is 495 Å². The predicted molar refractivity (Wildman–Crippen MR) is 311 cm³/mol.